The highest BCUT2D eigenvalue weighted by Gasteiger charge is 2.30. The maximum atomic E-state index is 13.0. The number of hydrogen-bond donors (Lipinski definition) is 0. The summed E-state index contributed by atoms with van der Waals surface area (Å²) < 4.78 is 14.0. The third-order valence-electron chi connectivity index (χ3n) is 4.91. The van der Waals surface area contributed by atoms with E-state index < -0.39 is 0 Å². The molecule has 1 amide bonds. The van der Waals surface area contributed by atoms with E-state index in [1.54, 1.807) is 30.7 Å². The van der Waals surface area contributed by atoms with Gasteiger partial charge in [-0.25, -0.2) is 9.48 Å². The summed E-state index contributed by atoms with van der Waals surface area (Å²) in [6.07, 6.45) is 1.32. The van der Waals surface area contributed by atoms with Gasteiger partial charge < -0.3 is 14.4 Å². The van der Waals surface area contributed by atoms with Crippen molar-refractivity contribution in [2.45, 2.75) is 32.9 Å². The molecule has 1 aromatic carbocycles. The lowest BCUT2D eigenvalue weighted by Gasteiger charge is -2.27. The molecular weight excluding hydrogens is 348 g/mol. The second kappa shape index (κ2) is 7.85. The molecule has 27 heavy (non-hydrogen) atoms. The molecule has 3 rings (SSSR count). The van der Waals surface area contributed by atoms with Crippen LogP contribution in [-0.4, -0.2) is 45.9 Å². The predicted molar refractivity (Wildman–Crippen MR) is 99.9 cm³/mol. The minimum absolute atomic E-state index is 0.0154. The Balaban J connectivity index is 1.75. The molecule has 2 aromatic rings. The fourth-order valence-electron chi connectivity index (χ4n) is 3.54. The van der Waals surface area contributed by atoms with E-state index in [1.807, 2.05) is 25.1 Å². The van der Waals surface area contributed by atoms with Crippen molar-refractivity contribution in [3.8, 4) is 11.5 Å². The summed E-state index contributed by atoms with van der Waals surface area (Å²) in [4.78, 5) is 26.8. The maximum absolute atomic E-state index is 13.0. The van der Waals surface area contributed by atoms with E-state index in [2.05, 4.69) is 5.10 Å². The smallest absolute Gasteiger partial charge is 0.345 e. The van der Waals surface area contributed by atoms with Gasteiger partial charge in [0.05, 0.1) is 19.6 Å². The molecule has 0 spiro atoms. The average Bonchev–Trinajstić information content (AvgIpc) is 2.96. The third-order valence-corrected chi connectivity index (χ3v) is 4.91. The van der Waals surface area contributed by atoms with Crippen LogP contribution in [-0.2, 0) is 31.4 Å². The Labute approximate surface area is 158 Å². The third kappa shape index (κ3) is 3.70. The first-order valence-corrected chi connectivity index (χ1v) is 9.12. The van der Waals surface area contributed by atoms with E-state index in [-0.39, 0.29) is 17.5 Å². The van der Waals surface area contributed by atoms with Gasteiger partial charge in [0.25, 0.3) is 0 Å². The summed E-state index contributed by atoms with van der Waals surface area (Å²) in [5, 5.41) is 4.22. The molecule has 2 heterocycles. The molecule has 8 heteroatoms. The summed E-state index contributed by atoms with van der Waals surface area (Å²) in [6, 6.07) is 5.66. The van der Waals surface area contributed by atoms with Crippen LogP contribution < -0.4 is 15.2 Å². The molecule has 1 aliphatic heterocycles. The molecule has 1 atom stereocenters. The van der Waals surface area contributed by atoms with Crippen LogP contribution in [0, 0.1) is 5.92 Å². The number of methoxy groups -OCH3 is 1. The number of rotatable bonds is 6. The topological polar surface area (TPSA) is 78.6 Å². The maximum Gasteiger partial charge on any atom is 0.345 e. The van der Waals surface area contributed by atoms with E-state index in [9.17, 15) is 9.59 Å². The molecule has 0 radical (unpaired) electrons. The normalized spacial score (nSPS) is 15.9. The van der Waals surface area contributed by atoms with Crippen LogP contribution in [0.5, 0.6) is 11.5 Å². The van der Waals surface area contributed by atoms with E-state index >= 15 is 0 Å². The van der Waals surface area contributed by atoms with E-state index in [0.29, 0.717) is 44.0 Å². The molecule has 1 aliphatic rings. The molecule has 0 aliphatic carbocycles. The molecule has 1 aromatic heterocycles. The zero-order valence-corrected chi connectivity index (χ0v) is 16.3. The number of para-hydroxylation sites is 1. The summed E-state index contributed by atoms with van der Waals surface area (Å²) >= 11 is 0. The number of fused-ring (bicyclic) bond motifs is 1. The van der Waals surface area contributed by atoms with Crippen LogP contribution in [0.3, 0.4) is 0 Å². The van der Waals surface area contributed by atoms with Gasteiger partial charge in [-0.3, -0.25) is 9.36 Å². The van der Waals surface area contributed by atoms with Crippen molar-refractivity contribution in [1.82, 2.24) is 19.2 Å². The van der Waals surface area contributed by atoms with Crippen LogP contribution in [0.1, 0.15) is 24.7 Å². The first-order chi connectivity index (χ1) is 13.0. The summed E-state index contributed by atoms with van der Waals surface area (Å²) in [6.45, 7) is 3.22. The van der Waals surface area contributed by atoms with Crippen molar-refractivity contribution in [3.63, 3.8) is 0 Å². The Kier molecular flexibility index (Phi) is 5.53. The van der Waals surface area contributed by atoms with Crippen LogP contribution in [0.4, 0.5) is 0 Å². The lowest BCUT2D eigenvalue weighted by Crippen LogP contribution is -2.39. The number of benzene rings is 1. The van der Waals surface area contributed by atoms with Crippen LogP contribution in [0.25, 0.3) is 0 Å². The van der Waals surface area contributed by atoms with E-state index in [1.165, 1.54) is 4.68 Å². The predicted octanol–water partition coefficient (Wildman–Crippen LogP) is 1.21. The highest BCUT2D eigenvalue weighted by atomic mass is 16.5. The lowest BCUT2D eigenvalue weighted by atomic mass is 9.97. The number of aromatic nitrogens is 3. The van der Waals surface area contributed by atoms with Crippen molar-refractivity contribution >= 4 is 5.91 Å². The summed E-state index contributed by atoms with van der Waals surface area (Å²) in [7, 11) is 5.01. The number of carbonyl (C=O) groups excluding carboxylic acids is 1. The Hall–Kier alpha value is -2.77. The SMILES string of the molecule is CCOc1c(CN(C)C(=O)[C@H]2CCc3nn(C)c(=O)n3C2)cccc1OC. The number of amides is 1. The number of nitrogens with zero attached hydrogens (tertiary/aromatic N) is 4. The number of aryl methyl sites for hydroxylation is 2. The monoisotopic (exact) mass is 374 g/mol. The van der Waals surface area contributed by atoms with Gasteiger partial charge in [0.1, 0.15) is 5.82 Å². The van der Waals surface area contributed by atoms with Gasteiger partial charge in [0, 0.05) is 39.2 Å². The van der Waals surface area contributed by atoms with E-state index in [0.717, 1.165) is 11.4 Å². The fraction of sp³-hybridized carbons (Fsp3) is 0.526. The zero-order valence-electron chi connectivity index (χ0n) is 16.3. The molecular formula is C19H26N4O4. The summed E-state index contributed by atoms with van der Waals surface area (Å²) in [5.41, 5.74) is 0.721. The average molecular weight is 374 g/mol. The molecule has 0 N–H and O–H groups in total. The lowest BCUT2D eigenvalue weighted by molar-refractivity contribution is -0.135. The van der Waals surface area contributed by atoms with Crippen LogP contribution >= 0.6 is 0 Å². The van der Waals surface area contributed by atoms with Gasteiger partial charge in [-0.05, 0) is 19.4 Å². The highest BCUT2D eigenvalue weighted by Crippen LogP contribution is 2.32. The van der Waals surface area contributed by atoms with Gasteiger partial charge in [0.2, 0.25) is 5.91 Å². The highest BCUT2D eigenvalue weighted by molar-refractivity contribution is 5.78. The first-order valence-electron chi connectivity index (χ1n) is 9.12. The molecule has 146 valence electrons. The Morgan fingerprint density at radius 3 is 2.89 bits per heavy atom. The zero-order chi connectivity index (χ0) is 19.6. The molecule has 0 saturated heterocycles. The summed E-state index contributed by atoms with van der Waals surface area (Å²) in [5.74, 6) is 1.85. The standard InChI is InChI=1S/C19H26N4O4/c1-5-27-17-13(7-6-8-15(17)26-4)11-21(2)18(24)14-9-10-16-20-22(3)19(25)23(16)12-14/h6-8,14H,5,9-12H2,1-4H3/t14-/m0/s1. The van der Waals surface area contributed by atoms with Gasteiger partial charge in [-0.1, -0.05) is 12.1 Å². The number of ether oxygens (including phenoxy) is 2. The molecule has 0 unspecified atom stereocenters. The quantitative estimate of drug-likeness (QED) is 0.759. The van der Waals surface area contributed by atoms with Crippen molar-refractivity contribution in [3.05, 3.63) is 40.1 Å². The van der Waals surface area contributed by atoms with Gasteiger partial charge in [0.15, 0.2) is 11.5 Å². The van der Waals surface area contributed by atoms with Gasteiger partial charge in [-0.2, -0.15) is 5.10 Å². The molecule has 0 fully saturated rings. The van der Waals surface area contributed by atoms with Crippen molar-refractivity contribution in [1.29, 1.82) is 0 Å². The first kappa shape index (κ1) is 19.0. The number of hydrogen-bond acceptors (Lipinski definition) is 5. The van der Waals surface area contributed by atoms with Crippen LogP contribution in [0.2, 0.25) is 0 Å². The van der Waals surface area contributed by atoms with Crippen molar-refractivity contribution in [2.24, 2.45) is 13.0 Å². The van der Waals surface area contributed by atoms with Gasteiger partial charge in [-0.15, -0.1) is 0 Å². The fourth-order valence-corrected chi connectivity index (χ4v) is 3.54. The second-order valence-corrected chi connectivity index (χ2v) is 6.74. The molecule has 8 nitrogen and oxygen atoms in total. The Morgan fingerprint density at radius 2 is 2.19 bits per heavy atom. The van der Waals surface area contributed by atoms with Gasteiger partial charge >= 0.3 is 5.69 Å². The number of carbonyl (C=O) groups is 1. The Morgan fingerprint density at radius 1 is 1.41 bits per heavy atom. The largest absolute Gasteiger partial charge is 0.493 e. The van der Waals surface area contributed by atoms with E-state index in [4.69, 9.17) is 9.47 Å². The van der Waals surface area contributed by atoms with Crippen LogP contribution in [0.15, 0.2) is 23.0 Å². The van der Waals surface area contributed by atoms with Crippen molar-refractivity contribution < 1.29 is 14.3 Å². The molecule has 0 bridgehead atoms. The minimum atomic E-state index is -0.231. The minimum Gasteiger partial charge on any atom is -0.493 e. The second-order valence-electron chi connectivity index (χ2n) is 6.74. The molecule has 0 saturated carbocycles. The van der Waals surface area contributed by atoms with Crippen molar-refractivity contribution in [2.75, 3.05) is 20.8 Å². The Bertz CT molecular complexity index is 886.